The van der Waals surface area contributed by atoms with Gasteiger partial charge >= 0.3 is 23.9 Å². The topological polar surface area (TPSA) is 149 Å². The lowest BCUT2D eigenvalue weighted by molar-refractivity contribution is -0.135. The zero-order valence-corrected chi connectivity index (χ0v) is 12.8. The van der Waals surface area contributed by atoms with E-state index in [2.05, 4.69) is 0 Å². The second kappa shape index (κ2) is 27.6. The third-order valence-electron chi connectivity index (χ3n) is 0.457. The molecule has 0 aliphatic rings. The summed E-state index contributed by atoms with van der Waals surface area (Å²) in [5.74, 6) is -5.14. The van der Waals surface area contributed by atoms with Crippen LogP contribution in [0.25, 0.3) is 0 Å². The number of carboxylic acids is 4. The molecular weight excluding hydrogens is 394 g/mol. The Morgan fingerprint density at radius 1 is 0.524 bits per heavy atom. The molecule has 0 rings (SSSR count). The Morgan fingerprint density at radius 2 is 0.571 bits per heavy atom. The highest BCUT2D eigenvalue weighted by molar-refractivity contribution is 6.26. The Labute approximate surface area is 144 Å². The molecule has 13 heteroatoms. The van der Waals surface area contributed by atoms with Gasteiger partial charge in [0.2, 0.25) is 0 Å². The minimum Gasteiger partial charge on any atom is -0.480 e. The van der Waals surface area contributed by atoms with E-state index in [1.54, 1.807) is 0 Å². The molecule has 128 valence electrons. The van der Waals surface area contributed by atoms with Crippen LogP contribution in [0, 0.1) is 0 Å². The quantitative estimate of drug-likeness (QED) is 0.368. The van der Waals surface area contributed by atoms with E-state index in [9.17, 15) is 19.2 Å². The van der Waals surface area contributed by atoms with Gasteiger partial charge in [-0.1, -0.05) is 0 Å². The first-order chi connectivity index (χ1) is 9.08. The minimum atomic E-state index is -0.980. The molecule has 0 saturated heterocycles. The van der Waals surface area contributed by atoms with Crippen molar-refractivity contribution >= 4 is 81.2 Å². The van der Waals surface area contributed by atoms with Gasteiger partial charge in [0.15, 0.2) is 0 Å². The molecule has 0 radical (unpaired) electrons. The first-order valence-corrected chi connectivity index (χ1v) is 6.33. The van der Waals surface area contributed by atoms with Crippen molar-refractivity contribution in [2.24, 2.45) is 0 Å². The zero-order valence-electron chi connectivity index (χ0n) is 9.76. The van der Waals surface area contributed by atoms with Crippen molar-refractivity contribution in [3.63, 3.8) is 0 Å². The number of alkyl halides is 4. The highest BCUT2D eigenvalue weighted by atomic mass is 35.5. The van der Waals surface area contributed by atoms with Gasteiger partial charge in [-0.2, -0.15) is 0 Å². The lowest BCUT2D eigenvalue weighted by Gasteiger charge is -1.70. The van der Waals surface area contributed by atoms with Crippen molar-refractivity contribution in [2.45, 2.75) is 0 Å². The van der Waals surface area contributed by atoms with E-state index < -0.39 is 23.9 Å². The Kier molecular flexibility index (Phi) is 42.4. The van der Waals surface area contributed by atoms with Gasteiger partial charge in [-0.25, -0.2) is 0 Å². The molecule has 0 atom stereocenters. The summed E-state index contributed by atoms with van der Waals surface area (Å²) in [7, 11) is 0. The fourth-order valence-electron chi connectivity index (χ4n) is 0. The van der Waals surface area contributed by atoms with Gasteiger partial charge in [0.25, 0.3) is 0 Å². The smallest absolute Gasteiger partial charge is 0.318 e. The van der Waals surface area contributed by atoms with Gasteiger partial charge in [0.1, 0.15) is 23.5 Å². The molecule has 4 N–H and O–H groups in total. The van der Waals surface area contributed by atoms with Crippen LogP contribution in [-0.4, -0.2) is 78.8 Å². The summed E-state index contributed by atoms with van der Waals surface area (Å²) in [5.41, 5.74) is 0. The Hall–Kier alpha value is -0.743. The number of carbonyl (C=O) groups is 4. The van der Waals surface area contributed by atoms with Crippen LogP contribution in [0.2, 0.25) is 0 Å². The Bertz CT molecular complexity index is 233. The van der Waals surface area contributed by atoms with Gasteiger partial charge < -0.3 is 20.4 Å². The molecule has 0 fully saturated rings. The molecule has 0 amide bonds. The van der Waals surface area contributed by atoms with E-state index in [-0.39, 0.29) is 34.5 Å². The molecule has 21 heavy (non-hydrogen) atoms. The summed E-state index contributed by atoms with van der Waals surface area (Å²) in [6, 6.07) is 0. The van der Waals surface area contributed by atoms with Crippen LogP contribution in [0.15, 0.2) is 0 Å². The SMILES string of the molecule is O=C(O)CCl.O=C(O)CCl.O=C(O)CCl.O=C(O)CCl.[SiH4]. The van der Waals surface area contributed by atoms with E-state index in [1.165, 1.54) is 0 Å². The maximum absolute atomic E-state index is 9.24. The monoisotopic (exact) mass is 408 g/mol. The van der Waals surface area contributed by atoms with Crippen molar-refractivity contribution in [3.05, 3.63) is 0 Å². The van der Waals surface area contributed by atoms with Crippen LogP contribution < -0.4 is 0 Å². The van der Waals surface area contributed by atoms with Gasteiger partial charge in [-0.15, -0.1) is 46.4 Å². The third kappa shape index (κ3) is 109. The number of carboxylic acid groups (broad SMARTS) is 4. The molecular formula is C8H16Cl4O8Si. The Morgan fingerprint density at radius 3 is 0.571 bits per heavy atom. The number of hydrogen-bond donors (Lipinski definition) is 4. The maximum Gasteiger partial charge on any atom is 0.318 e. The molecule has 0 aromatic rings. The predicted octanol–water partition coefficient (Wildman–Crippen LogP) is -0.212. The van der Waals surface area contributed by atoms with Crippen molar-refractivity contribution in [1.29, 1.82) is 0 Å². The maximum atomic E-state index is 9.24. The fourth-order valence-corrected chi connectivity index (χ4v) is 0. The van der Waals surface area contributed by atoms with Crippen LogP contribution >= 0.6 is 46.4 Å². The molecule has 0 heterocycles. The minimum absolute atomic E-state index is 0. The summed E-state index contributed by atoms with van der Waals surface area (Å²) in [6.45, 7) is 0. The van der Waals surface area contributed by atoms with E-state index in [1.807, 2.05) is 0 Å². The second-order valence-corrected chi connectivity index (χ2v) is 3.18. The number of halogens is 4. The first-order valence-electron chi connectivity index (χ1n) is 4.19. The molecule has 0 aliphatic heterocycles. The fraction of sp³-hybridized carbons (Fsp3) is 0.500. The van der Waals surface area contributed by atoms with Crippen molar-refractivity contribution in [1.82, 2.24) is 0 Å². The molecule has 0 aromatic carbocycles. The number of aliphatic carboxylic acids is 4. The van der Waals surface area contributed by atoms with Gasteiger partial charge in [-0.3, -0.25) is 19.2 Å². The zero-order chi connectivity index (χ0) is 17.1. The van der Waals surface area contributed by atoms with Gasteiger partial charge in [-0.05, 0) is 11.0 Å². The van der Waals surface area contributed by atoms with Crippen LogP contribution in [0.5, 0.6) is 0 Å². The highest BCUT2D eigenvalue weighted by Gasteiger charge is 1.84. The predicted molar refractivity (Wildman–Crippen MR) is 84.8 cm³/mol. The van der Waals surface area contributed by atoms with Crippen LogP contribution in [0.1, 0.15) is 0 Å². The largest absolute Gasteiger partial charge is 0.480 e. The molecule has 0 bridgehead atoms. The van der Waals surface area contributed by atoms with Crippen LogP contribution in [0.3, 0.4) is 0 Å². The summed E-state index contributed by atoms with van der Waals surface area (Å²) in [5, 5.41) is 30.4. The van der Waals surface area contributed by atoms with Gasteiger partial charge in [0.05, 0.1) is 0 Å². The lowest BCUT2D eigenvalue weighted by atomic mass is 10.8. The molecule has 0 spiro atoms. The third-order valence-corrected chi connectivity index (χ3v) is 1.37. The average molecular weight is 410 g/mol. The van der Waals surface area contributed by atoms with E-state index in [0.717, 1.165) is 0 Å². The molecule has 0 saturated carbocycles. The molecule has 0 aromatic heterocycles. The van der Waals surface area contributed by atoms with Crippen LogP contribution in [0.4, 0.5) is 0 Å². The van der Waals surface area contributed by atoms with E-state index in [4.69, 9.17) is 66.8 Å². The summed E-state index contributed by atoms with van der Waals surface area (Å²) in [6.07, 6.45) is 0. The number of rotatable bonds is 4. The van der Waals surface area contributed by atoms with E-state index >= 15 is 0 Å². The van der Waals surface area contributed by atoms with Crippen LogP contribution in [-0.2, 0) is 19.2 Å². The first kappa shape index (κ1) is 32.3. The second-order valence-electron chi connectivity index (χ2n) is 2.11. The van der Waals surface area contributed by atoms with Crippen molar-refractivity contribution in [3.8, 4) is 0 Å². The van der Waals surface area contributed by atoms with E-state index in [0.29, 0.717) is 0 Å². The summed E-state index contributed by atoms with van der Waals surface area (Å²) >= 11 is 18.9. The lowest BCUT2D eigenvalue weighted by Crippen LogP contribution is -1.92. The standard InChI is InChI=1S/4C2H3ClO2.H4Si/c4*3-1-2(4)5;/h4*1H2,(H,4,5);1H4. The van der Waals surface area contributed by atoms with Gasteiger partial charge in [0, 0.05) is 0 Å². The van der Waals surface area contributed by atoms with Crippen molar-refractivity contribution in [2.75, 3.05) is 23.5 Å². The Balaban J connectivity index is -0.0000000533. The normalized spacial score (nSPS) is 7.05. The summed E-state index contributed by atoms with van der Waals surface area (Å²) in [4.78, 5) is 36.9. The summed E-state index contributed by atoms with van der Waals surface area (Å²) < 4.78 is 0. The molecule has 0 unspecified atom stereocenters. The molecule has 0 aliphatic carbocycles. The average Bonchev–Trinajstić information content (AvgIpc) is 2.40. The number of hydrogen-bond acceptors (Lipinski definition) is 4. The highest BCUT2D eigenvalue weighted by Crippen LogP contribution is 1.69. The molecule has 8 nitrogen and oxygen atoms in total. The van der Waals surface area contributed by atoms with Crippen molar-refractivity contribution < 1.29 is 39.6 Å².